The number of hydrogen-bond donors (Lipinski definition) is 1. The molecule has 1 aliphatic rings. The van der Waals surface area contributed by atoms with Gasteiger partial charge in [-0.1, -0.05) is 0 Å². The van der Waals surface area contributed by atoms with Gasteiger partial charge >= 0.3 is 0 Å². The number of imidazole rings is 1. The molecule has 5 nitrogen and oxygen atoms in total. The molecule has 0 aliphatic carbocycles. The third-order valence-electron chi connectivity index (χ3n) is 3.93. The Kier molecular flexibility index (Phi) is 4.08. The van der Waals surface area contributed by atoms with E-state index in [0.717, 1.165) is 12.1 Å². The molecule has 1 aliphatic heterocycles. The molecule has 1 atom stereocenters. The fraction of sp³-hybridized carbons (Fsp3) is 0.333. The van der Waals surface area contributed by atoms with Gasteiger partial charge in [-0.05, 0) is 12.1 Å². The molecule has 8 heteroatoms. The van der Waals surface area contributed by atoms with Crippen molar-refractivity contribution in [2.24, 2.45) is 7.05 Å². The molecular formula is C15H15F3N4O. The van der Waals surface area contributed by atoms with E-state index in [2.05, 4.69) is 10.3 Å². The highest BCUT2D eigenvalue weighted by molar-refractivity contribution is 5.94. The summed E-state index contributed by atoms with van der Waals surface area (Å²) in [6.07, 6.45) is 3.34. The molecule has 1 amide bonds. The van der Waals surface area contributed by atoms with Crippen LogP contribution < -0.4 is 5.32 Å². The Hall–Kier alpha value is -2.35. The minimum atomic E-state index is -1.64. The molecule has 1 saturated heterocycles. The highest BCUT2D eigenvalue weighted by Gasteiger charge is 2.33. The Labute approximate surface area is 130 Å². The number of nitrogens with one attached hydrogen (secondary N) is 1. The van der Waals surface area contributed by atoms with Crippen LogP contribution in [0.1, 0.15) is 22.2 Å². The Morgan fingerprint density at radius 1 is 1.30 bits per heavy atom. The number of aryl methyl sites for hydroxylation is 1. The Balaban J connectivity index is 1.97. The van der Waals surface area contributed by atoms with E-state index in [1.54, 1.807) is 24.0 Å². The van der Waals surface area contributed by atoms with E-state index in [1.807, 2.05) is 0 Å². The summed E-state index contributed by atoms with van der Waals surface area (Å²) in [6.45, 7) is 1.29. The van der Waals surface area contributed by atoms with E-state index in [1.165, 1.54) is 4.90 Å². The molecule has 1 N–H and O–H groups in total. The first-order valence-electron chi connectivity index (χ1n) is 7.13. The van der Waals surface area contributed by atoms with Crippen LogP contribution in [0.2, 0.25) is 0 Å². The maximum absolute atomic E-state index is 13.9. The zero-order valence-electron chi connectivity index (χ0n) is 12.4. The van der Waals surface area contributed by atoms with Crippen LogP contribution in [-0.2, 0) is 7.05 Å². The SMILES string of the molecule is Cn1ccnc1C1CNCCN1C(=O)c1ccc(F)c(F)c1F. The second-order valence-electron chi connectivity index (χ2n) is 5.34. The average molecular weight is 324 g/mol. The van der Waals surface area contributed by atoms with Crippen LogP contribution in [0.15, 0.2) is 24.5 Å². The van der Waals surface area contributed by atoms with Crippen molar-refractivity contribution < 1.29 is 18.0 Å². The number of nitrogens with zero attached hydrogens (tertiary/aromatic N) is 3. The monoisotopic (exact) mass is 324 g/mol. The molecule has 0 spiro atoms. The van der Waals surface area contributed by atoms with E-state index in [-0.39, 0.29) is 0 Å². The number of halogens is 3. The van der Waals surface area contributed by atoms with Gasteiger partial charge < -0.3 is 14.8 Å². The summed E-state index contributed by atoms with van der Waals surface area (Å²) in [4.78, 5) is 18.3. The summed E-state index contributed by atoms with van der Waals surface area (Å²) < 4.78 is 42.1. The molecule has 1 aromatic heterocycles. The van der Waals surface area contributed by atoms with Crippen molar-refractivity contribution in [3.8, 4) is 0 Å². The van der Waals surface area contributed by atoms with Crippen LogP contribution >= 0.6 is 0 Å². The van der Waals surface area contributed by atoms with Crippen molar-refractivity contribution in [3.63, 3.8) is 0 Å². The van der Waals surface area contributed by atoms with Crippen LogP contribution in [0.5, 0.6) is 0 Å². The summed E-state index contributed by atoms with van der Waals surface area (Å²) in [6, 6.07) is 1.31. The van der Waals surface area contributed by atoms with Gasteiger partial charge in [0.25, 0.3) is 5.91 Å². The first kappa shape index (κ1) is 15.5. The lowest BCUT2D eigenvalue weighted by Gasteiger charge is -2.35. The van der Waals surface area contributed by atoms with Crippen molar-refractivity contribution in [1.29, 1.82) is 0 Å². The lowest BCUT2D eigenvalue weighted by molar-refractivity contribution is 0.0614. The Morgan fingerprint density at radius 3 is 2.78 bits per heavy atom. The van der Waals surface area contributed by atoms with Crippen molar-refractivity contribution in [3.05, 3.63) is 53.4 Å². The first-order chi connectivity index (χ1) is 11.0. The first-order valence-corrected chi connectivity index (χ1v) is 7.13. The second-order valence-corrected chi connectivity index (χ2v) is 5.34. The van der Waals surface area contributed by atoms with Crippen molar-refractivity contribution in [2.75, 3.05) is 19.6 Å². The predicted octanol–water partition coefficient (Wildman–Crippen LogP) is 1.62. The molecule has 1 fully saturated rings. The number of amides is 1. The molecule has 1 unspecified atom stereocenters. The van der Waals surface area contributed by atoms with Crippen molar-refractivity contribution in [2.45, 2.75) is 6.04 Å². The fourth-order valence-corrected chi connectivity index (χ4v) is 2.72. The molecular weight excluding hydrogens is 309 g/mol. The van der Waals surface area contributed by atoms with Crippen LogP contribution in [0.4, 0.5) is 13.2 Å². The lowest BCUT2D eigenvalue weighted by Crippen LogP contribution is -2.49. The van der Waals surface area contributed by atoms with Gasteiger partial charge in [0, 0.05) is 39.1 Å². The average Bonchev–Trinajstić information content (AvgIpc) is 2.98. The molecule has 122 valence electrons. The highest BCUT2D eigenvalue weighted by Crippen LogP contribution is 2.24. The van der Waals surface area contributed by atoms with Gasteiger partial charge in [0.05, 0.1) is 5.56 Å². The Bertz CT molecular complexity index is 746. The number of carbonyl (C=O) groups is 1. The smallest absolute Gasteiger partial charge is 0.257 e. The number of benzene rings is 1. The minimum Gasteiger partial charge on any atom is -0.336 e. The van der Waals surface area contributed by atoms with E-state index in [4.69, 9.17) is 0 Å². The molecule has 2 aromatic rings. The van der Waals surface area contributed by atoms with Gasteiger partial charge in [-0.25, -0.2) is 18.2 Å². The number of piperazine rings is 1. The zero-order valence-corrected chi connectivity index (χ0v) is 12.4. The second kappa shape index (κ2) is 6.04. The van der Waals surface area contributed by atoms with Gasteiger partial charge in [-0.2, -0.15) is 0 Å². The summed E-state index contributed by atoms with van der Waals surface area (Å²) in [7, 11) is 1.79. The summed E-state index contributed by atoms with van der Waals surface area (Å²) in [5, 5.41) is 3.15. The molecule has 23 heavy (non-hydrogen) atoms. The van der Waals surface area contributed by atoms with Crippen LogP contribution in [0.3, 0.4) is 0 Å². The van der Waals surface area contributed by atoms with E-state index in [9.17, 15) is 18.0 Å². The van der Waals surface area contributed by atoms with Crippen LogP contribution in [0, 0.1) is 17.5 Å². The standard InChI is InChI=1S/C15H15F3N4O/c1-21-6-5-20-14(21)11-8-19-4-7-22(11)15(23)9-2-3-10(16)13(18)12(9)17/h2-3,5-6,11,19H,4,7-8H2,1H3. The third kappa shape index (κ3) is 2.70. The molecule has 0 bridgehead atoms. The predicted molar refractivity (Wildman–Crippen MR) is 76.2 cm³/mol. The topological polar surface area (TPSA) is 50.2 Å². The number of carbonyl (C=O) groups excluding carboxylic acids is 1. The third-order valence-corrected chi connectivity index (χ3v) is 3.93. The fourth-order valence-electron chi connectivity index (χ4n) is 2.72. The van der Waals surface area contributed by atoms with Gasteiger partial charge in [0.2, 0.25) is 0 Å². The van der Waals surface area contributed by atoms with E-state index >= 15 is 0 Å². The number of rotatable bonds is 2. The van der Waals surface area contributed by atoms with Gasteiger partial charge in [0.1, 0.15) is 11.9 Å². The van der Waals surface area contributed by atoms with Gasteiger partial charge in [-0.15, -0.1) is 0 Å². The maximum Gasteiger partial charge on any atom is 0.257 e. The summed E-state index contributed by atoms with van der Waals surface area (Å²) in [5.74, 6) is -4.48. The summed E-state index contributed by atoms with van der Waals surface area (Å²) >= 11 is 0. The molecule has 1 aromatic carbocycles. The Morgan fingerprint density at radius 2 is 2.09 bits per heavy atom. The molecule has 3 rings (SSSR count). The van der Waals surface area contributed by atoms with E-state index < -0.39 is 35.0 Å². The normalized spacial score (nSPS) is 18.3. The summed E-state index contributed by atoms with van der Waals surface area (Å²) in [5.41, 5.74) is -0.481. The lowest BCUT2D eigenvalue weighted by atomic mass is 10.1. The van der Waals surface area contributed by atoms with Crippen LogP contribution in [-0.4, -0.2) is 40.0 Å². The van der Waals surface area contributed by atoms with Gasteiger partial charge in [-0.3, -0.25) is 4.79 Å². The van der Waals surface area contributed by atoms with Crippen LogP contribution in [0.25, 0.3) is 0 Å². The van der Waals surface area contributed by atoms with Crippen molar-refractivity contribution in [1.82, 2.24) is 19.8 Å². The number of hydrogen-bond acceptors (Lipinski definition) is 3. The molecule has 2 heterocycles. The highest BCUT2D eigenvalue weighted by atomic mass is 19.2. The van der Waals surface area contributed by atoms with E-state index in [0.29, 0.717) is 25.5 Å². The zero-order chi connectivity index (χ0) is 16.6. The molecule has 0 radical (unpaired) electrons. The largest absolute Gasteiger partial charge is 0.336 e. The quantitative estimate of drug-likeness (QED) is 0.854. The minimum absolute atomic E-state index is 0.314. The number of aromatic nitrogens is 2. The van der Waals surface area contributed by atoms with Gasteiger partial charge in [0.15, 0.2) is 17.5 Å². The maximum atomic E-state index is 13.9. The molecule has 0 saturated carbocycles. The van der Waals surface area contributed by atoms with Crippen molar-refractivity contribution >= 4 is 5.91 Å².